The Balaban J connectivity index is 2.22. The lowest BCUT2D eigenvalue weighted by molar-refractivity contribution is -0.140. The summed E-state index contributed by atoms with van der Waals surface area (Å²) in [6, 6.07) is 0. The van der Waals surface area contributed by atoms with Crippen LogP contribution in [0.5, 0.6) is 0 Å². The van der Waals surface area contributed by atoms with Crippen LogP contribution in [0.25, 0.3) is 0 Å². The summed E-state index contributed by atoms with van der Waals surface area (Å²) >= 11 is 0. The number of rotatable bonds is 1. The average Bonchev–Trinajstić information content (AvgIpc) is 2.93. The van der Waals surface area contributed by atoms with Crippen LogP contribution in [-0.4, -0.2) is 83.0 Å². The van der Waals surface area contributed by atoms with Gasteiger partial charge >= 0.3 is 0 Å². The number of amides is 3. The highest BCUT2D eigenvalue weighted by molar-refractivity contribution is 6.66. The number of nitrogens with two attached hydrogens (primary N) is 1. The van der Waals surface area contributed by atoms with Crippen LogP contribution in [0.15, 0.2) is 0 Å². The zero-order valence-corrected chi connectivity index (χ0v) is 16.8. The summed E-state index contributed by atoms with van der Waals surface area (Å²) in [7, 11) is 11.9. The molecule has 6 nitrogen and oxygen atoms in total. The molecule has 1 aromatic carbocycles. The zero-order valence-electron chi connectivity index (χ0n) is 16.8. The van der Waals surface area contributed by atoms with E-state index in [9.17, 15) is 18.8 Å². The molecule has 0 saturated carbocycles. The Kier molecular flexibility index (Phi) is 4.04. The first-order valence-electron chi connectivity index (χ1n) is 8.96. The number of piperidine rings is 1. The summed E-state index contributed by atoms with van der Waals surface area (Å²) in [5.41, 5.74) is 6.31. The Morgan fingerprint density at radius 1 is 1.00 bits per heavy atom. The van der Waals surface area contributed by atoms with E-state index in [-0.39, 0.29) is 29.2 Å². The monoisotopic (exact) mass is 361 g/mol. The average molecular weight is 360 g/mol. The number of imide groups is 1. The van der Waals surface area contributed by atoms with Gasteiger partial charge in [-0.05, 0) is 16.1 Å². The fraction of sp³-hybridized carbons (Fsp3) is 0.308. The highest BCUT2D eigenvalue weighted by Gasteiger charge is 2.64. The van der Waals surface area contributed by atoms with Crippen molar-refractivity contribution in [3.05, 3.63) is 16.9 Å². The third-order valence-electron chi connectivity index (χ3n) is 7.40. The Morgan fingerprint density at radius 2 is 1.56 bits per heavy atom. The van der Waals surface area contributed by atoms with E-state index in [0.717, 1.165) is 0 Å². The van der Waals surface area contributed by atoms with Crippen molar-refractivity contribution >= 4 is 89.3 Å². The summed E-state index contributed by atoms with van der Waals surface area (Å²) < 4.78 is 14.5. The van der Waals surface area contributed by atoms with Crippen LogP contribution in [0.2, 0.25) is 10.4 Å². The molecular weight excluding hydrogens is 341 g/mol. The molecule has 0 aromatic heterocycles. The number of hydrogen-bond donors (Lipinski definition) is 2. The van der Waals surface area contributed by atoms with Gasteiger partial charge < -0.3 is 10.6 Å². The van der Waals surface area contributed by atoms with Crippen molar-refractivity contribution in [2.75, 3.05) is 5.73 Å². The van der Waals surface area contributed by atoms with Crippen molar-refractivity contribution in [2.24, 2.45) is 0 Å². The molecule has 0 radical (unpaired) electrons. The lowest BCUT2D eigenvalue weighted by Gasteiger charge is -2.59. The maximum Gasteiger partial charge on any atom is 0.254 e. The van der Waals surface area contributed by atoms with Crippen LogP contribution in [0, 0.1) is 5.82 Å². The lowest BCUT2D eigenvalue weighted by atomic mass is 9.21. The summed E-state index contributed by atoms with van der Waals surface area (Å²) in [6.45, 7) is 0.0968. The van der Waals surface area contributed by atoms with Crippen molar-refractivity contribution in [3.63, 3.8) is 0 Å². The van der Waals surface area contributed by atoms with E-state index in [1.165, 1.54) is 4.90 Å². The minimum atomic E-state index is -1.32. The largest absolute Gasteiger partial charge is 0.399 e. The van der Waals surface area contributed by atoms with Gasteiger partial charge in [0.1, 0.15) is 60.7 Å². The van der Waals surface area contributed by atoms with Crippen LogP contribution in [-0.2, 0) is 16.1 Å². The smallest absolute Gasteiger partial charge is 0.254 e. The molecule has 132 valence electrons. The van der Waals surface area contributed by atoms with Gasteiger partial charge in [0.2, 0.25) is 11.8 Å². The van der Waals surface area contributed by atoms with Gasteiger partial charge in [0, 0.05) is 23.4 Å². The molecular formula is C13H19B7FN3O3. The number of benzene rings is 1. The van der Waals surface area contributed by atoms with E-state index in [4.69, 9.17) is 5.73 Å². The predicted octanol–water partition coefficient (Wildman–Crippen LogP) is -8.37. The highest BCUT2D eigenvalue weighted by atomic mass is 19.1. The summed E-state index contributed by atoms with van der Waals surface area (Å²) in [5, 5.41) is 0.623. The van der Waals surface area contributed by atoms with Crippen LogP contribution < -0.4 is 22.0 Å². The SMILES string of the molecule is Bc1c(N)c2c(c(B)c1F)C(=O)N([C@]1(B)C(=O)NC(=O)C(B)(B)C1(B)B)C2. The predicted molar refractivity (Wildman–Crippen MR) is 121 cm³/mol. The van der Waals surface area contributed by atoms with Crippen molar-refractivity contribution in [2.45, 2.75) is 22.4 Å². The molecule has 0 bridgehead atoms. The number of nitrogen functional groups attached to an aromatic ring is 1. The molecule has 14 heteroatoms. The Morgan fingerprint density at radius 3 is 2.11 bits per heavy atom. The molecule has 3 N–H and O–H groups in total. The second-order valence-electron chi connectivity index (χ2n) is 8.83. The number of halogens is 1. The van der Waals surface area contributed by atoms with E-state index < -0.39 is 33.5 Å². The highest BCUT2D eigenvalue weighted by Crippen LogP contribution is 2.55. The van der Waals surface area contributed by atoms with E-state index in [1.54, 1.807) is 39.2 Å². The summed E-state index contributed by atoms with van der Waals surface area (Å²) in [5.74, 6) is -1.86. The Labute approximate surface area is 163 Å². The van der Waals surface area contributed by atoms with Crippen LogP contribution in [0.3, 0.4) is 0 Å². The first-order chi connectivity index (χ1) is 12.2. The van der Waals surface area contributed by atoms with Gasteiger partial charge in [0.05, 0.1) is 5.44 Å². The quantitative estimate of drug-likeness (QED) is 0.296. The third kappa shape index (κ3) is 2.12. The minimum absolute atomic E-state index is 0.0968. The molecule has 1 atom stereocenters. The number of carbonyl (C=O) groups is 3. The van der Waals surface area contributed by atoms with Gasteiger partial charge in [0.25, 0.3) is 5.91 Å². The fourth-order valence-electron chi connectivity index (χ4n) is 4.29. The van der Waals surface area contributed by atoms with Crippen molar-refractivity contribution < 1.29 is 18.8 Å². The molecule has 3 rings (SSSR count). The maximum atomic E-state index is 14.5. The maximum absolute atomic E-state index is 14.5. The number of anilines is 1. The normalized spacial score (nSPS) is 26.0. The molecule has 2 aliphatic rings. The molecule has 1 fully saturated rings. The molecule has 1 saturated heterocycles. The zero-order chi connectivity index (χ0) is 20.7. The topological polar surface area (TPSA) is 92.5 Å². The number of nitrogens with one attached hydrogen (secondary N) is 1. The molecule has 0 unspecified atom stereocenters. The van der Waals surface area contributed by atoms with Crippen molar-refractivity contribution in [1.82, 2.24) is 10.2 Å². The van der Waals surface area contributed by atoms with Gasteiger partial charge in [-0.3, -0.25) is 19.7 Å². The summed E-state index contributed by atoms with van der Waals surface area (Å²) in [4.78, 5) is 40.2. The first-order valence-corrected chi connectivity index (χ1v) is 8.96. The van der Waals surface area contributed by atoms with Crippen LogP contribution in [0.4, 0.5) is 10.1 Å². The van der Waals surface area contributed by atoms with Gasteiger partial charge in [-0.25, -0.2) is 4.39 Å². The van der Waals surface area contributed by atoms with Crippen molar-refractivity contribution in [3.8, 4) is 0 Å². The molecule has 0 spiro atoms. The number of fused-ring (bicyclic) bond motifs is 1. The Bertz CT molecular complexity index is 938. The molecule has 1 aromatic rings. The first kappa shape index (κ1) is 19.8. The van der Waals surface area contributed by atoms with Gasteiger partial charge in [-0.2, -0.15) is 0 Å². The number of carbonyl (C=O) groups excluding carboxylic acids is 3. The standard InChI is InChI=1S/C13H19B7FN3O3/c14-4-3-2(7(22)5(15)6(4)21)1-24(8(3)25)12(18)10(27)23-9(26)11(16,17)13(12,19)20/h1,14-20,22H2,(H,23,26,27)/t12-/m1/s1. The minimum Gasteiger partial charge on any atom is -0.399 e. The molecule has 3 amide bonds. The van der Waals surface area contributed by atoms with Crippen LogP contribution in [0.1, 0.15) is 15.9 Å². The van der Waals surface area contributed by atoms with E-state index in [1.807, 2.05) is 15.7 Å². The second kappa shape index (κ2) is 5.52. The van der Waals surface area contributed by atoms with E-state index >= 15 is 0 Å². The summed E-state index contributed by atoms with van der Waals surface area (Å²) in [6.07, 6.45) is 0. The number of hydrogen-bond acceptors (Lipinski definition) is 4. The van der Waals surface area contributed by atoms with Gasteiger partial charge in [0.15, 0.2) is 0 Å². The lowest BCUT2D eigenvalue weighted by Crippen LogP contribution is -2.75. The molecule has 27 heavy (non-hydrogen) atoms. The van der Waals surface area contributed by atoms with E-state index in [0.29, 0.717) is 11.0 Å². The molecule has 2 heterocycles. The van der Waals surface area contributed by atoms with Crippen molar-refractivity contribution in [1.29, 1.82) is 0 Å². The Hall–Kier alpha value is -1.99. The molecule has 0 aliphatic carbocycles. The van der Waals surface area contributed by atoms with Crippen LogP contribution >= 0.6 is 0 Å². The third-order valence-corrected chi connectivity index (χ3v) is 7.40. The second-order valence-corrected chi connectivity index (χ2v) is 8.83. The van der Waals surface area contributed by atoms with Gasteiger partial charge in [-0.15, -0.1) is 0 Å². The van der Waals surface area contributed by atoms with Gasteiger partial charge in [-0.1, -0.05) is 5.21 Å². The van der Waals surface area contributed by atoms with E-state index in [2.05, 4.69) is 5.32 Å². The number of nitrogens with zero attached hydrogens (tertiary/aromatic N) is 1. The molecule has 2 aliphatic heterocycles. The fourth-order valence-corrected chi connectivity index (χ4v) is 4.29.